The Bertz CT molecular complexity index is 1120. The van der Waals surface area contributed by atoms with Crippen LogP contribution in [0.3, 0.4) is 0 Å². The number of carbonyl (C=O) groups excluding carboxylic acids is 1. The van der Waals surface area contributed by atoms with Crippen LogP contribution in [0.25, 0.3) is 10.2 Å². The van der Waals surface area contributed by atoms with Crippen LogP contribution in [0.4, 0.5) is 11.4 Å². The van der Waals surface area contributed by atoms with E-state index in [1.807, 2.05) is 6.92 Å². The molecule has 0 saturated heterocycles. The number of fused-ring (bicyclic) bond motifs is 1. The lowest BCUT2D eigenvalue weighted by Gasteiger charge is -2.10. The summed E-state index contributed by atoms with van der Waals surface area (Å²) in [5, 5.41) is 14.7. The van der Waals surface area contributed by atoms with Crippen LogP contribution in [0.5, 0.6) is 0 Å². The lowest BCUT2D eigenvalue weighted by atomic mass is 10.1. The van der Waals surface area contributed by atoms with Crippen molar-refractivity contribution in [2.75, 3.05) is 31.0 Å². The van der Waals surface area contributed by atoms with Crippen LogP contribution in [0.15, 0.2) is 35.4 Å². The normalized spacial score (nSPS) is 10.8. The summed E-state index contributed by atoms with van der Waals surface area (Å²) in [6.45, 7) is 2.73. The maximum absolute atomic E-state index is 12.6. The Kier molecular flexibility index (Phi) is 6.20. The summed E-state index contributed by atoms with van der Waals surface area (Å²) in [4.78, 5) is 41.7. The number of carbonyl (C=O) groups is 1. The van der Waals surface area contributed by atoms with Gasteiger partial charge in [-0.2, -0.15) is 0 Å². The Morgan fingerprint density at radius 3 is 2.86 bits per heavy atom. The van der Waals surface area contributed by atoms with Crippen molar-refractivity contribution >= 4 is 38.8 Å². The van der Waals surface area contributed by atoms with Gasteiger partial charge in [-0.15, -0.1) is 11.3 Å². The van der Waals surface area contributed by atoms with E-state index in [9.17, 15) is 19.7 Å². The highest BCUT2D eigenvalue weighted by Gasteiger charge is 2.18. The standard InChI is InChI=1S/C18H19N5O5S/c1-3-12-9-13-17(29-12)20-10-22(18(13)25)21-16(24)11-4-5-14(19-6-7-28-2)15(8-11)23(26)27/h4-5,8-10,19H,3,6-7H2,1-2H3,(H,21,24). The summed E-state index contributed by atoms with van der Waals surface area (Å²) in [7, 11) is 1.52. The third-order valence-electron chi connectivity index (χ3n) is 4.15. The van der Waals surface area contributed by atoms with E-state index >= 15 is 0 Å². The second-order valence-corrected chi connectivity index (χ2v) is 7.17. The average Bonchev–Trinajstić information content (AvgIpc) is 3.14. The number of methoxy groups -OCH3 is 1. The minimum absolute atomic E-state index is 0.0422. The number of nitro benzene ring substituents is 1. The lowest BCUT2D eigenvalue weighted by molar-refractivity contribution is -0.384. The molecule has 3 rings (SSSR count). The van der Waals surface area contributed by atoms with Crippen molar-refractivity contribution in [1.29, 1.82) is 0 Å². The number of anilines is 1. The van der Waals surface area contributed by atoms with Crippen LogP contribution in [0.1, 0.15) is 22.2 Å². The molecule has 0 saturated carbocycles. The molecule has 3 aromatic rings. The van der Waals surface area contributed by atoms with E-state index in [4.69, 9.17) is 4.74 Å². The highest BCUT2D eigenvalue weighted by atomic mass is 32.1. The molecular weight excluding hydrogens is 398 g/mol. The van der Waals surface area contributed by atoms with Crippen LogP contribution in [-0.2, 0) is 11.2 Å². The molecule has 0 atom stereocenters. The Morgan fingerprint density at radius 1 is 1.38 bits per heavy atom. The van der Waals surface area contributed by atoms with Crippen LogP contribution in [-0.4, -0.2) is 40.8 Å². The van der Waals surface area contributed by atoms with Gasteiger partial charge in [-0.3, -0.25) is 25.1 Å². The minimum Gasteiger partial charge on any atom is -0.383 e. The molecule has 152 valence electrons. The van der Waals surface area contributed by atoms with Crippen molar-refractivity contribution < 1.29 is 14.5 Å². The van der Waals surface area contributed by atoms with Gasteiger partial charge >= 0.3 is 0 Å². The largest absolute Gasteiger partial charge is 0.383 e. The second-order valence-electron chi connectivity index (χ2n) is 6.05. The summed E-state index contributed by atoms with van der Waals surface area (Å²) in [5.41, 5.74) is 2.08. The summed E-state index contributed by atoms with van der Waals surface area (Å²) < 4.78 is 5.89. The van der Waals surface area contributed by atoms with Crippen LogP contribution >= 0.6 is 11.3 Å². The number of hydrogen-bond donors (Lipinski definition) is 2. The fourth-order valence-electron chi connectivity index (χ4n) is 2.66. The number of nitrogens with zero attached hydrogens (tertiary/aromatic N) is 3. The highest BCUT2D eigenvalue weighted by molar-refractivity contribution is 7.18. The number of nitrogens with one attached hydrogen (secondary N) is 2. The Balaban J connectivity index is 1.86. The predicted molar refractivity (Wildman–Crippen MR) is 110 cm³/mol. The maximum atomic E-state index is 12.6. The highest BCUT2D eigenvalue weighted by Crippen LogP contribution is 2.25. The first-order valence-electron chi connectivity index (χ1n) is 8.77. The molecule has 11 heteroatoms. The topological polar surface area (TPSA) is 128 Å². The van der Waals surface area contributed by atoms with Crippen molar-refractivity contribution in [2.24, 2.45) is 0 Å². The van der Waals surface area contributed by atoms with Gasteiger partial charge < -0.3 is 10.1 Å². The van der Waals surface area contributed by atoms with E-state index in [1.165, 1.54) is 36.9 Å². The van der Waals surface area contributed by atoms with Gasteiger partial charge in [0.25, 0.3) is 17.2 Å². The summed E-state index contributed by atoms with van der Waals surface area (Å²) >= 11 is 1.42. The van der Waals surface area contributed by atoms with Crippen LogP contribution < -0.4 is 16.3 Å². The number of benzene rings is 1. The molecule has 2 N–H and O–H groups in total. The SMILES string of the molecule is CCc1cc2c(=O)n(NC(=O)c3ccc(NCCOC)c([N+](=O)[O-])c3)cnc2s1. The van der Waals surface area contributed by atoms with Gasteiger partial charge in [-0.25, -0.2) is 9.66 Å². The number of aryl methyl sites for hydroxylation is 1. The van der Waals surface area contributed by atoms with E-state index < -0.39 is 16.4 Å². The maximum Gasteiger partial charge on any atom is 0.293 e. The first kappa shape index (κ1) is 20.4. The van der Waals surface area contributed by atoms with E-state index in [-0.39, 0.29) is 16.9 Å². The Labute approximate surface area is 169 Å². The molecule has 0 unspecified atom stereocenters. The molecule has 0 spiro atoms. The van der Waals surface area contributed by atoms with Crippen LogP contribution in [0, 0.1) is 10.1 Å². The number of nitro groups is 1. The molecule has 1 aromatic carbocycles. The fourth-order valence-corrected chi connectivity index (χ4v) is 3.59. The second kappa shape index (κ2) is 8.80. The van der Waals surface area contributed by atoms with Crippen molar-refractivity contribution in [1.82, 2.24) is 9.66 Å². The average molecular weight is 417 g/mol. The summed E-state index contributed by atoms with van der Waals surface area (Å²) in [6, 6.07) is 5.79. The van der Waals surface area contributed by atoms with Gasteiger partial charge in [0.2, 0.25) is 0 Å². The molecule has 0 aliphatic rings. The molecular formula is C18H19N5O5S. The van der Waals surface area contributed by atoms with E-state index in [0.29, 0.717) is 23.4 Å². The quantitative estimate of drug-likeness (QED) is 0.327. The van der Waals surface area contributed by atoms with Gasteiger partial charge in [0.05, 0.1) is 16.9 Å². The van der Waals surface area contributed by atoms with Gasteiger partial charge in [-0.1, -0.05) is 6.92 Å². The number of ether oxygens (including phenoxy) is 1. The monoisotopic (exact) mass is 417 g/mol. The van der Waals surface area contributed by atoms with Gasteiger partial charge in [0, 0.05) is 30.2 Å². The molecule has 29 heavy (non-hydrogen) atoms. The van der Waals surface area contributed by atoms with E-state index in [2.05, 4.69) is 15.7 Å². The lowest BCUT2D eigenvalue weighted by Crippen LogP contribution is -2.33. The molecule has 0 aliphatic heterocycles. The van der Waals surface area contributed by atoms with Crippen molar-refractivity contribution in [3.63, 3.8) is 0 Å². The zero-order chi connectivity index (χ0) is 21.0. The van der Waals surface area contributed by atoms with Crippen molar-refractivity contribution in [3.8, 4) is 0 Å². The van der Waals surface area contributed by atoms with Crippen molar-refractivity contribution in [3.05, 3.63) is 61.5 Å². The number of amides is 1. The van der Waals surface area contributed by atoms with Gasteiger partial charge in [-0.05, 0) is 24.6 Å². The number of thiophene rings is 1. The van der Waals surface area contributed by atoms with Gasteiger partial charge in [0.15, 0.2) is 0 Å². The van der Waals surface area contributed by atoms with E-state index in [0.717, 1.165) is 22.0 Å². The first-order valence-corrected chi connectivity index (χ1v) is 9.59. The number of hydrogen-bond acceptors (Lipinski definition) is 8. The summed E-state index contributed by atoms with van der Waals surface area (Å²) in [6.07, 6.45) is 2.01. The Hall–Kier alpha value is -3.31. The van der Waals surface area contributed by atoms with Gasteiger partial charge in [0.1, 0.15) is 16.8 Å². The first-order chi connectivity index (χ1) is 13.9. The molecule has 10 nitrogen and oxygen atoms in total. The molecule has 0 bridgehead atoms. The van der Waals surface area contributed by atoms with Crippen molar-refractivity contribution in [2.45, 2.75) is 13.3 Å². The third kappa shape index (κ3) is 4.41. The molecule has 2 aromatic heterocycles. The zero-order valence-electron chi connectivity index (χ0n) is 15.8. The molecule has 2 heterocycles. The fraction of sp³-hybridized carbons (Fsp3) is 0.278. The predicted octanol–water partition coefficient (Wildman–Crippen LogP) is 2.37. The zero-order valence-corrected chi connectivity index (χ0v) is 16.6. The number of rotatable bonds is 8. The smallest absolute Gasteiger partial charge is 0.293 e. The molecule has 0 radical (unpaired) electrons. The summed E-state index contributed by atoms with van der Waals surface area (Å²) in [5.74, 6) is -0.661. The number of aromatic nitrogens is 2. The molecule has 0 fully saturated rings. The Morgan fingerprint density at radius 2 is 2.17 bits per heavy atom. The molecule has 0 aliphatic carbocycles. The van der Waals surface area contributed by atoms with E-state index in [1.54, 1.807) is 6.07 Å². The minimum atomic E-state index is -0.661. The van der Waals surface area contributed by atoms with Crippen LogP contribution in [0.2, 0.25) is 0 Å². The molecule has 1 amide bonds. The third-order valence-corrected chi connectivity index (χ3v) is 5.34.